The standard InChI is InChI=1S/C19H25N3O3/c1-4-5-18-20-16-12-22(9-8-15(16)19(23)21-18)11-13-10-14(24-2)6-7-17(13)25-3/h6-7,10H,4-5,8-9,11-12H2,1-3H3,(H,20,21,23). The lowest BCUT2D eigenvalue weighted by atomic mass is 10.0. The molecular formula is C19H25N3O3. The average molecular weight is 343 g/mol. The minimum atomic E-state index is 0.0204. The number of hydrogen-bond acceptors (Lipinski definition) is 5. The predicted octanol–water partition coefficient (Wildman–Crippen LogP) is 2.30. The minimum absolute atomic E-state index is 0.0204. The van der Waals surface area contributed by atoms with Gasteiger partial charge in [0.05, 0.1) is 19.9 Å². The summed E-state index contributed by atoms with van der Waals surface area (Å²) in [6.07, 6.45) is 2.48. The molecule has 0 unspecified atom stereocenters. The number of rotatable bonds is 6. The van der Waals surface area contributed by atoms with Crippen LogP contribution >= 0.6 is 0 Å². The summed E-state index contributed by atoms with van der Waals surface area (Å²) in [4.78, 5) is 22.1. The highest BCUT2D eigenvalue weighted by molar-refractivity contribution is 5.40. The molecule has 0 aliphatic carbocycles. The highest BCUT2D eigenvalue weighted by Gasteiger charge is 2.22. The molecule has 25 heavy (non-hydrogen) atoms. The molecule has 1 aliphatic heterocycles. The summed E-state index contributed by atoms with van der Waals surface area (Å²) < 4.78 is 10.8. The fourth-order valence-electron chi connectivity index (χ4n) is 3.28. The molecule has 1 N–H and O–H groups in total. The van der Waals surface area contributed by atoms with Crippen molar-refractivity contribution in [1.82, 2.24) is 14.9 Å². The topological polar surface area (TPSA) is 67.5 Å². The van der Waals surface area contributed by atoms with Crippen LogP contribution in [0.25, 0.3) is 0 Å². The highest BCUT2D eigenvalue weighted by atomic mass is 16.5. The highest BCUT2D eigenvalue weighted by Crippen LogP contribution is 2.26. The SMILES string of the molecule is CCCc1nc2c(c(=O)[nH]1)CCN(Cc1cc(OC)ccc1OC)C2. The van der Waals surface area contributed by atoms with E-state index in [0.717, 1.165) is 66.5 Å². The molecular weight excluding hydrogens is 318 g/mol. The van der Waals surface area contributed by atoms with Gasteiger partial charge in [-0.25, -0.2) is 4.98 Å². The molecule has 0 fully saturated rings. The van der Waals surface area contributed by atoms with E-state index >= 15 is 0 Å². The van der Waals surface area contributed by atoms with Gasteiger partial charge in [0.2, 0.25) is 0 Å². The molecule has 1 aliphatic rings. The monoisotopic (exact) mass is 343 g/mol. The number of ether oxygens (including phenoxy) is 2. The lowest BCUT2D eigenvalue weighted by Crippen LogP contribution is -2.35. The van der Waals surface area contributed by atoms with Crippen LogP contribution in [0.4, 0.5) is 0 Å². The van der Waals surface area contributed by atoms with Crippen molar-refractivity contribution in [2.24, 2.45) is 0 Å². The molecule has 1 aromatic heterocycles. The smallest absolute Gasteiger partial charge is 0.254 e. The van der Waals surface area contributed by atoms with E-state index in [9.17, 15) is 4.79 Å². The third-order valence-corrected chi connectivity index (χ3v) is 4.57. The number of nitrogens with zero attached hydrogens (tertiary/aromatic N) is 2. The molecule has 3 rings (SSSR count). The summed E-state index contributed by atoms with van der Waals surface area (Å²) in [6.45, 7) is 4.32. The van der Waals surface area contributed by atoms with Crippen LogP contribution in [0.5, 0.6) is 11.5 Å². The zero-order valence-corrected chi connectivity index (χ0v) is 15.1. The van der Waals surface area contributed by atoms with Gasteiger partial charge in [0.1, 0.15) is 17.3 Å². The Labute approximate surface area is 147 Å². The third kappa shape index (κ3) is 3.85. The van der Waals surface area contributed by atoms with Crippen LogP contribution in [0.3, 0.4) is 0 Å². The molecule has 0 amide bonds. The number of hydrogen-bond donors (Lipinski definition) is 1. The molecule has 6 nitrogen and oxygen atoms in total. The predicted molar refractivity (Wildman–Crippen MR) is 96.2 cm³/mol. The van der Waals surface area contributed by atoms with Crippen LogP contribution in [0.1, 0.15) is 36.0 Å². The maximum atomic E-state index is 12.3. The van der Waals surface area contributed by atoms with Crippen LogP contribution in [-0.4, -0.2) is 35.6 Å². The van der Waals surface area contributed by atoms with Gasteiger partial charge in [-0.2, -0.15) is 0 Å². The average Bonchev–Trinajstić information content (AvgIpc) is 2.61. The van der Waals surface area contributed by atoms with Gasteiger partial charge < -0.3 is 14.5 Å². The number of benzene rings is 1. The first-order valence-electron chi connectivity index (χ1n) is 8.68. The molecule has 0 saturated carbocycles. The Morgan fingerprint density at radius 2 is 2.12 bits per heavy atom. The van der Waals surface area contributed by atoms with Crippen molar-refractivity contribution in [2.75, 3.05) is 20.8 Å². The largest absolute Gasteiger partial charge is 0.497 e. The minimum Gasteiger partial charge on any atom is -0.497 e. The van der Waals surface area contributed by atoms with Crippen LogP contribution in [0.15, 0.2) is 23.0 Å². The summed E-state index contributed by atoms with van der Waals surface area (Å²) in [5.41, 5.74) is 2.82. The lowest BCUT2D eigenvalue weighted by Gasteiger charge is -2.28. The number of aryl methyl sites for hydroxylation is 1. The fraction of sp³-hybridized carbons (Fsp3) is 0.474. The second-order valence-electron chi connectivity index (χ2n) is 6.33. The van der Waals surface area contributed by atoms with Crippen molar-refractivity contribution in [3.8, 4) is 11.5 Å². The first-order chi connectivity index (χ1) is 12.1. The van der Waals surface area contributed by atoms with Gasteiger partial charge in [-0.05, 0) is 31.0 Å². The van der Waals surface area contributed by atoms with E-state index in [2.05, 4.69) is 21.8 Å². The van der Waals surface area contributed by atoms with Crippen LogP contribution < -0.4 is 15.0 Å². The number of nitrogens with one attached hydrogen (secondary N) is 1. The summed E-state index contributed by atoms with van der Waals surface area (Å²) in [6, 6.07) is 5.82. The van der Waals surface area contributed by atoms with Gasteiger partial charge in [-0.1, -0.05) is 6.92 Å². The number of aromatic nitrogens is 2. The van der Waals surface area contributed by atoms with Gasteiger partial charge in [0.15, 0.2) is 0 Å². The quantitative estimate of drug-likeness (QED) is 0.872. The maximum Gasteiger partial charge on any atom is 0.254 e. The number of aromatic amines is 1. The zero-order chi connectivity index (χ0) is 17.8. The van der Waals surface area contributed by atoms with E-state index in [0.29, 0.717) is 6.54 Å². The molecule has 0 bridgehead atoms. The van der Waals surface area contributed by atoms with Crippen molar-refractivity contribution in [2.45, 2.75) is 39.3 Å². The number of methoxy groups -OCH3 is 2. The van der Waals surface area contributed by atoms with Crippen LogP contribution in [0.2, 0.25) is 0 Å². The van der Waals surface area contributed by atoms with E-state index in [1.54, 1.807) is 14.2 Å². The van der Waals surface area contributed by atoms with Crippen molar-refractivity contribution in [3.63, 3.8) is 0 Å². The van der Waals surface area contributed by atoms with E-state index in [-0.39, 0.29) is 5.56 Å². The van der Waals surface area contributed by atoms with Crippen LogP contribution in [-0.2, 0) is 25.9 Å². The Morgan fingerprint density at radius 1 is 1.28 bits per heavy atom. The molecule has 1 aromatic carbocycles. The Hall–Kier alpha value is -2.34. The first-order valence-corrected chi connectivity index (χ1v) is 8.68. The number of fused-ring (bicyclic) bond motifs is 1. The Kier molecular flexibility index (Phi) is 5.38. The van der Waals surface area contributed by atoms with Gasteiger partial charge in [-0.3, -0.25) is 9.69 Å². The molecule has 0 radical (unpaired) electrons. The second-order valence-corrected chi connectivity index (χ2v) is 6.33. The van der Waals surface area contributed by atoms with Crippen LogP contribution in [0, 0.1) is 0 Å². The van der Waals surface area contributed by atoms with Crippen molar-refractivity contribution >= 4 is 0 Å². The van der Waals surface area contributed by atoms with Crippen molar-refractivity contribution < 1.29 is 9.47 Å². The van der Waals surface area contributed by atoms with Gasteiger partial charge in [0, 0.05) is 37.2 Å². The Balaban J connectivity index is 1.82. The van der Waals surface area contributed by atoms with E-state index < -0.39 is 0 Å². The molecule has 2 aromatic rings. The van der Waals surface area contributed by atoms with E-state index in [4.69, 9.17) is 9.47 Å². The van der Waals surface area contributed by atoms with E-state index in [1.165, 1.54) is 0 Å². The summed E-state index contributed by atoms with van der Waals surface area (Å²) in [7, 11) is 3.34. The Morgan fingerprint density at radius 3 is 2.84 bits per heavy atom. The van der Waals surface area contributed by atoms with Gasteiger partial charge in [-0.15, -0.1) is 0 Å². The number of H-pyrrole nitrogens is 1. The van der Waals surface area contributed by atoms with Gasteiger partial charge >= 0.3 is 0 Å². The lowest BCUT2D eigenvalue weighted by molar-refractivity contribution is 0.236. The summed E-state index contributed by atoms with van der Waals surface area (Å²) in [5, 5.41) is 0. The molecule has 0 spiro atoms. The first kappa shape index (κ1) is 17.5. The molecule has 6 heteroatoms. The Bertz CT molecular complexity index is 801. The fourth-order valence-corrected chi connectivity index (χ4v) is 3.28. The van der Waals surface area contributed by atoms with Crippen molar-refractivity contribution in [3.05, 3.63) is 51.2 Å². The third-order valence-electron chi connectivity index (χ3n) is 4.57. The normalized spacial score (nSPS) is 14.2. The van der Waals surface area contributed by atoms with Crippen molar-refractivity contribution in [1.29, 1.82) is 0 Å². The summed E-state index contributed by atoms with van der Waals surface area (Å²) >= 11 is 0. The molecule has 134 valence electrons. The molecule has 0 saturated heterocycles. The zero-order valence-electron chi connectivity index (χ0n) is 15.1. The second kappa shape index (κ2) is 7.70. The summed E-state index contributed by atoms with van der Waals surface area (Å²) in [5.74, 6) is 2.44. The molecule has 0 atom stereocenters. The maximum absolute atomic E-state index is 12.3. The van der Waals surface area contributed by atoms with Gasteiger partial charge in [0.25, 0.3) is 5.56 Å². The molecule has 2 heterocycles. The van der Waals surface area contributed by atoms with E-state index in [1.807, 2.05) is 18.2 Å².